The summed E-state index contributed by atoms with van der Waals surface area (Å²) in [6, 6.07) is 0. The topological polar surface area (TPSA) is 9.23 Å². The normalized spacial score (nSPS) is 19.5. The van der Waals surface area contributed by atoms with Gasteiger partial charge < -0.3 is 4.74 Å². The SMILES string of the molecule is C/C=C/OCCCC1CCSCC1. The van der Waals surface area contributed by atoms with Gasteiger partial charge in [0.25, 0.3) is 0 Å². The largest absolute Gasteiger partial charge is 0.502 e. The number of rotatable bonds is 5. The maximum Gasteiger partial charge on any atom is 0.0873 e. The first kappa shape index (κ1) is 11.0. The zero-order chi connectivity index (χ0) is 9.36. The van der Waals surface area contributed by atoms with Crippen LogP contribution in [0.5, 0.6) is 0 Å². The van der Waals surface area contributed by atoms with Crippen molar-refractivity contribution in [2.45, 2.75) is 32.6 Å². The van der Waals surface area contributed by atoms with E-state index in [2.05, 4.69) is 11.8 Å². The monoisotopic (exact) mass is 200 g/mol. The highest BCUT2D eigenvalue weighted by Gasteiger charge is 2.12. The van der Waals surface area contributed by atoms with Gasteiger partial charge in [0, 0.05) is 0 Å². The third-order valence-electron chi connectivity index (χ3n) is 2.45. The third-order valence-corrected chi connectivity index (χ3v) is 3.50. The Labute approximate surface area is 85.9 Å². The van der Waals surface area contributed by atoms with Gasteiger partial charge in [-0.1, -0.05) is 6.08 Å². The van der Waals surface area contributed by atoms with E-state index in [1.54, 1.807) is 6.26 Å². The molecule has 1 saturated heterocycles. The molecular formula is C11H20OS. The Balaban J connectivity index is 1.92. The van der Waals surface area contributed by atoms with Crippen LogP contribution >= 0.6 is 11.8 Å². The van der Waals surface area contributed by atoms with E-state index in [1.807, 2.05) is 13.0 Å². The molecule has 1 aliphatic rings. The molecule has 1 aliphatic heterocycles. The molecule has 0 aliphatic carbocycles. The molecule has 0 aromatic heterocycles. The van der Waals surface area contributed by atoms with Gasteiger partial charge >= 0.3 is 0 Å². The predicted octanol–water partition coefficient (Wildman–Crippen LogP) is 3.46. The number of thioether (sulfide) groups is 1. The minimum absolute atomic E-state index is 0.897. The van der Waals surface area contributed by atoms with E-state index in [1.165, 1.54) is 37.2 Å². The van der Waals surface area contributed by atoms with Gasteiger partial charge in [-0.15, -0.1) is 0 Å². The predicted molar refractivity (Wildman–Crippen MR) is 60.0 cm³/mol. The highest BCUT2D eigenvalue weighted by Crippen LogP contribution is 2.26. The summed E-state index contributed by atoms with van der Waals surface area (Å²) >= 11 is 2.10. The molecule has 1 heterocycles. The molecular weight excluding hydrogens is 180 g/mol. The second-order valence-corrected chi connectivity index (χ2v) is 4.76. The molecule has 1 nitrogen and oxygen atoms in total. The van der Waals surface area contributed by atoms with Crippen molar-refractivity contribution in [3.8, 4) is 0 Å². The molecule has 0 atom stereocenters. The van der Waals surface area contributed by atoms with Crippen LogP contribution < -0.4 is 0 Å². The minimum atomic E-state index is 0.897. The van der Waals surface area contributed by atoms with Gasteiger partial charge in [-0.3, -0.25) is 0 Å². The van der Waals surface area contributed by atoms with Gasteiger partial charge in [-0.05, 0) is 50.0 Å². The van der Waals surface area contributed by atoms with Crippen molar-refractivity contribution in [1.29, 1.82) is 0 Å². The lowest BCUT2D eigenvalue weighted by Gasteiger charge is -2.20. The molecule has 0 unspecified atom stereocenters. The average Bonchev–Trinajstić information content (AvgIpc) is 2.19. The standard InChI is InChI=1S/C11H20OS/c1-2-7-12-8-3-4-11-5-9-13-10-6-11/h2,7,11H,3-6,8-10H2,1H3/b7-2+. The minimum Gasteiger partial charge on any atom is -0.502 e. The molecule has 0 radical (unpaired) electrons. The van der Waals surface area contributed by atoms with E-state index < -0.39 is 0 Å². The summed E-state index contributed by atoms with van der Waals surface area (Å²) in [6.07, 6.45) is 9.16. The molecule has 13 heavy (non-hydrogen) atoms. The first-order chi connectivity index (χ1) is 6.43. The molecule has 0 aromatic rings. The van der Waals surface area contributed by atoms with Crippen LogP contribution in [0, 0.1) is 5.92 Å². The molecule has 1 fully saturated rings. The first-order valence-corrected chi connectivity index (χ1v) is 6.39. The Morgan fingerprint density at radius 2 is 2.15 bits per heavy atom. The molecule has 0 N–H and O–H groups in total. The summed E-state index contributed by atoms with van der Waals surface area (Å²) in [4.78, 5) is 0. The summed E-state index contributed by atoms with van der Waals surface area (Å²) in [5.41, 5.74) is 0. The molecule has 0 amide bonds. The quantitative estimate of drug-likeness (QED) is 0.496. The summed E-state index contributed by atoms with van der Waals surface area (Å²) < 4.78 is 5.29. The van der Waals surface area contributed by atoms with Gasteiger partial charge in [0.05, 0.1) is 12.9 Å². The molecule has 76 valence electrons. The van der Waals surface area contributed by atoms with E-state index in [4.69, 9.17) is 4.74 Å². The zero-order valence-electron chi connectivity index (χ0n) is 8.50. The Morgan fingerprint density at radius 3 is 2.85 bits per heavy atom. The molecule has 0 bridgehead atoms. The highest BCUT2D eigenvalue weighted by atomic mass is 32.2. The van der Waals surface area contributed by atoms with E-state index in [0.29, 0.717) is 0 Å². The molecule has 0 spiro atoms. The number of hydrogen-bond donors (Lipinski definition) is 0. The lowest BCUT2D eigenvalue weighted by atomic mass is 9.97. The van der Waals surface area contributed by atoms with E-state index in [0.717, 1.165) is 12.5 Å². The van der Waals surface area contributed by atoms with Crippen LogP contribution in [-0.2, 0) is 4.74 Å². The number of allylic oxidation sites excluding steroid dienone is 1. The van der Waals surface area contributed by atoms with Crippen LogP contribution in [0.4, 0.5) is 0 Å². The maximum absolute atomic E-state index is 5.29. The van der Waals surface area contributed by atoms with Gasteiger partial charge in [0.1, 0.15) is 0 Å². The smallest absolute Gasteiger partial charge is 0.0873 e. The summed E-state index contributed by atoms with van der Waals surface area (Å²) in [6.45, 7) is 2.88. The number of hydrogen-bond acceptors (Lipinski definition) is 2. The van der Waals surface area contributed by atoms with Crippen molar-refractivity contribution in [2.75, 3.05) is 18.1 Å². The molecule has 1 rings (SSSR count). The number of ether oxygens (including phenoxy) is 1. The van der Waals surface area contributed by atoms with E-state index >= 15 is 0 Å². The summed E-state index contributed by atoms with van der Waals surface area (Å²) in [7, 11) is 0. The fourth-order valence-electron chi connectivity index (χ4n) is 1.65. The summed E-state index contributed by atoms with van der Waals surface area (Å²) in [5.74, 6) is 3.73. The Hall–Kier alpha value is -0.110. The Morgan fingerprint density at radius 1 is 1.38 bits per heavy atom. The second-order valence-electron chi connectivity index (χ2n) is 3.54. The fraction of sp³-hybridized carbons (Fsp3) is 0.818. The maximum atomic E-state index is 5.29. The van der Waals surface area contributed by atoms with Crippen molar-refractivity contribution < 1.29 is 4.74 Å². The van der Waals surface area contributed by atoms with Crippen LogP contribution in [0.25, 0.3) is 0 Å². The van der Waals surface area contributed by atoms with Gasteiger partial charge in [0.15, 0.2) is 0 Å². The first-order valence-electron chi connectivity index (χ1n) is 5.24. The summed E-state index contributed by atoms with van der Waals surface area (Å²) in [5, 5.41) is 0. The molecule has 2 heteroatoms. The van der Waals surface area contributed by atoms with Crippen LogP contribution in [0.3, 0.4) is 0 Å². The van der Waals surface area contributed by atoms with Crippen molar-refractivity contribution >= 4 is 11.8 Å². The Bertz CT molecular complexity index is 139. The Kier molecular flexibility index (Phi) is 6.17. The van der Waals surface area contributed by atoms with Gasteiger partial charge in [-0.25, -0.2) is 0 Å². The zero-order valence-corrected chi connectivity index (χ0v) is 9.31. The molecule has 0 aromatic carbocycles. The van der Waals surface area contributed by atoms with E-state index in [-0.39, 0.29) is 0 Å². The van der Waals surface area contributed by atoms with Crippen molar-refractivity contribution in [1.82, 2.24) is 0 Å². The van der Waals surface area contributed by atoms with Gasteiger partial charge in [-0.2, -0.15) is 11.8 Å². The van der Waals surface area contributed by atoms with Crippen LogP contribution in [0.15, 0.2) is 12.3 Å². The van der Waals surface area contributed by atoms with Crippen LogP contribution in [-0.4, -0.2) is 18.1 Å². The van der Waals surface area contributed by atoms with E-state index in [9.17, 15) is 0 Å². The average molecular weight is 200 g/mol. The van der Waals surface area contributed by atoms with Gasteiger partial charge in [0.2, 0.25) is 0 Å². The fourth-order valence-corrected chi connectivity index (χ4v) is 2.86. The molecule has 0 saturated carbocycles. The highest BCUT2D eigenvalue weighted by molar-refractivity contribution is 7.99. The van der Waals surface area contributed by atoms with Crippen LogP contribution in [0.1, 0.15) is 32.6 Å². The lowest BCUT2D eigenvalue weighted by Crippen LogP contribution is -2.10. The van der Waals surface area contributed by atoms with Crippen molar-refractivity contribution in [3.63, 3.8) is 0 Å². The van der Waals surface area contributed by atoms with Crippen LogP contribution in [0.2, 0.25) is 0 Å². The lowest BCUT2D eigenvalue weighted by molar-refractivity contribution is 0.231. The third kappa shape index (κ3) is 5.25. The second kappa shape index (κ2) is 7.31. The van der Waals surface area contributed by atoms with Crippen molar-refractivity contribution in [3.05, 3.63) is 12.3 Å². The van der Waals surface area contributed by atoms with Crippen molar-refractivity contribution in [2.24, 2.45) is 5.92 Å².